The number of carbonyl (C=O) groups is 1. The minimum atomic E-state index is -0.587. The molecule has 3 nitrogen and oxygen atoms in total. The van der Waals surface area contributed by atoms with E-state index in [1.807, 2.05) is 6.92 Å². The molecule has 21 heavy (non-hydrogen) atoms. The zero-order valence-electron chi connectivity index (χ0n) is 13.0. The standard InChI is InChI=1S/C16H23F2NO2/c1-5-11(10-19-15(20)21-16(2,3)4)8-12-6-7-13(17)9-14(12)18/h6-7,9,11H,5,8,10H2,1-4H3,(H,19,20). The molecule has 1 unspecified atom stereocenters. The van der Waals surface area contributed by atoms with E-state index in [2.05, 4.69) is 5.32 Å². The molecule has 1 aromatic carbocycles. The molecular weight excluding hydrogens is 276 g/mol. The molecule has 1 rings (SSSR count). The highest BCUT2D eigenvalue weighted by atomic mass is 19.1. The second-order valence-corrected chi connectivity index (χ2v) is 6.10. The van der Waals surface area contributed by atoms with Gasteiger partial charge < -0.3 is 10.1 Å². The number of alkyl carbamates (subject to hydrolysis) is 1. The van der Waals surface area contributed by atoms with E-state index in [9.17, 15) is 13.6 Å². The molecule has 0 aliphatic carbocycles. The van der Waals surface area contributed by atoms with Crippen LogP contribution in [0.15, 0.2) is 18.2 Å². The highest BCUT2D eigenvalue weighted by molar-refractivity contribution is 5.67. The summed E-state index contributed by atoms with van der Waals surface area (Å²) in [5.41, 5.74) is -0.0938. The number of hydrogen-bond acceptors (Lipinski definition) is 2. The van der Waals surface area contributed by atoms with Gasteiger partial charge in [-0.05, 0) is 44.7 Å². The fourth-order valence-electron chi connectivity index (χ4n) is 1.90. The second kappa shape index (κ2) is 7.38. The van der Waals surface area contributed by atoms with Crippen molar-refractivity contribution in [1.82, 2.24) is 5.32 Å². The summed E-state index contributed by atoms with van der Waals surface area (Å²) < 4.78 is 31.6. The van der Waals surface area contributed by atoms with Gasteiger partial charge in [-0.2, -0.15) is 0 Å². The van der Waals surface area contributed by atoms with E-state index in [0.717, 1.165) is 12.5 Å². The van der Waals surface area contributed by atoms with Gasteiger partial charge in [0.15, 0.2) is 0 Å². The summed E-state index contributed by atoms with van der Waals surface area (Å²) >= 11 is 0. The van der Waals surface area contributed by atoms with Crippen LogP contribution in [0.25, 0.3) is 0 Å². The van der Waals surface area contributed by atoms with Gasteiger partial charge in [-0.3, -0.25) is 0 Å². The Morgan fingerprint density at radius 2 is 2.00 bits per heavy atom. The van der Waals surface area contributed by atoms with Crippen molar-refractivity contribution >= 4 is 6.09 Å². The lowest BCUT2D eigenvalue weighted by molar-refractivity contribution is 0.0518. The Balaban J connectivity index is 2.54. The van der Waals surface area contributed by atoms with Gasteiger partial charge in [0.2, 0.25) is 0 Å². The molecular formula is C16H23F2NO2. The van der Waals surface area contributed by atoms with E-state index in [0.29, 0.717) is 18.5 Å². The van der Waals surface area contributed by atoms with E-state index >= 15 is 0 Å². The van der Waals surface area contributed by atoms with E-state index in [-0.39, 0.29) is 5.92 Å². The normalized spacial score (nSPS) is 12.9. The number of hydrogen-bond donors (Lipinski definition) is 1. The van der Waals surface area contributed by atoms with Crippen molar-refractivity contribution in [2.75, 3.05) is 6.54 Å². The average Bonchev–Trinajstić information content (AvgIpc) is 2.34. The molecule has 0 heterocycles. The molecule has 1 N–H and O–H groups in total. The number of carbonyl (C=O) groups excluding carboxylic acids is 1. The molecule has 0 aliphatic rings. The van der Waals surface area contributed by atoms with Crippen molar-refractivity contribution < 1.29 is 18.3 Å². The van der Waals surface area contributed by atoms with Crippen LogP contribution in [0.3, 0.4) is 0 Å². The lowest BCUT2D eigenvalue weighted by Crippen LogP contribution is -2.35. The minimum absolute atomic E-state index is 0.0671. The van der Waals surface area contributed by atoms with Crippen molar-refractivity contribution in [3.05, 3.63) is 35.4 Å². The molecule has 1 aromatic rings. The van der Waals surface area contributed by atoms with Gasteiger partial charge in [0.25, 0.3) is 0 Å². The molecule has 0 fully saturated rings. The number of halogens is 2. The molecule has 1 amide bonds. The smallest absolute Gasteiger partial charge is 0.407 e. The Morgan fingerprint density at radius 3 is 2.52 bits per heavy atom. The molecule has 0 spiro atoms. The van der Waals surface area contributed by atoms with Crippen LogP contribution in [-0.4, -0.2) is 18.2 Å². The highest BCUT2D eigenvalue weighted by Gasteiger charge is 2.18. The summed E-state index contributed by atoms with van der Waals surface area (Å²) in [6.07, 6.45) is 0.728. The highest BCUT2D eigenvalue weighted by Crippen LogP contribution is 2.16. The van der Waals surface area contributed by atoms with E-state index in [1.165, 1.54) is 12.1 Å². The Morgan fingerprint density at radius 1 is 1.33 bits per heavy atom. The first kappa shape index (κ1) is 17.4. The maximum atomic E-state index is 13.6. The van der Waals surface area contributed by atoms with Crippen LogP contribution in [0.5, 0.6) is 0 Å². The first-order chi connectivity index (χ1) is 9.71. The van der Waals surface area contributed by atoms with E-state index in [1.54, 1.807) is 20.8 Å². The zero-order valence-corrected chi connectivity index (χ0v) is 13.0. The quantitative estimate of drug-likeness (QED) is 0.890. The lowest BCUT2D eigenvalue weighted by Gasteiger charge is -2.21. The molecule has 0 radical (unpaired) electrons. The monoisotopic (exact) mass is 299 g/mol. The molecule has 118 valence electrons. The van der Waals surface area contributed by atoms with Gasteiger partial charge >= 0.3 is 6.09 Å². The third-order valence-electron chi connectivity index (χ3n) is 3.04. The summed E-state index contributed by atoms with van der Waals surface area (Å²) in [6.45, 7) is 7.72. The Labute approximate surface area is 124 Å². The van der Waals surface area contributed by atoms with Gasteiger partial charge in [-0.1, -0.05) is 19.4 Å². The van der Waals surface area contributed by atoms with Gasteiger partial charge in [0.05, 0.1) is 0 Å². The number of amides is 1. The van der Waals surface area contributed by atoms with E-state index < -0.39 is 23.3 Å². The SMILES string of the molecule is CCC(CNC(=O)OC(C)(C)C)Cc1ccc(F)cc1F. The van der Waals surface area contributed by atoms with Crippen LogP contribution in [0.2, 0.25) is 0 Å². The zero-order chi connectivity index (χ0) is 16.0. The number of ether oxygens (including phenoxy) is 1. The largest absolute Gasteiger partial charge is 0.444 e. The van der Waals surface area contributed by atoms with Crippen molar-refractivity contribution in [2.45, 2.75) is 46.1 Å². The molecule has 5 heteroatoms. The third kappa shape index (κ3) is 6.56. The predicted molar refractivity (Wildman–Crippen MR) is 78.1 cm³/mol. The van der Waals surface area contributed by atoms with Crippen LogP contribution in [0.4, 0.5) is 13.6 Å². The number of rotatable bonds is 5. The summed E-state index contributed by atoms with van der Waals surface area (Å²) in [6, 6.07) is 3.57. The number of nitrogens with one attached hydrogen (secondary N) is 1. The summed E-state index contributed by atoms with van der Waals surface area (Å²) in [5.74, 6) is -1.07. The topological polar surface area (TPSA) is 38.3 Å². The Bertz CT molecular complexity index is 484. The molecule has 0 aliphatic heterocycles. The van der Waals surface area contributed by atoms with Crippen LogP contribution in [-0.2, 0) is 11.2 Å². The average molecular weight is 299 g/mol. The summed E-state index contributed by atoms with van der Waals surface area (Å²) in [7, 11) is 0. The molecule has 0 bridgehead atoms. The van der Waals surface area contributed by atoms with Crippen LogP contribution >= 0.6 is 0 Å². The molecule has 0 saturated heterocycles. The van der Waals surface area contributed by atoms with Crippen LogP contribution < -0.4 is 5.32 Å². The van der Waals surface area contributed by atoms with Crippen molar-refractivity contribution in [3.63, 3.8) is 0 Å². The van der Waals surface area contributed by atoms with Crippen molar-refractivity contribution in [2.24, 2.45) is 5.92 Å². The minimum Gasteiger partial charge on any atom is -0.444 e. The number of benzene rings is 1. The lowest BCUT2D eigenvalue weighted by atomic mass is 9.96. The second-order valence-electron chi connectivity index (χ2n) is 6.10. The van der Waals surface area contributed by atoms with Gasteiger partial charge in [-0.15, -0.1) is 0 Å². The van der Waals surface area contributed by atoms with E-state index in [4.69, 9.17) is 4.74 Å². The predicted octanol–water partition coefficient (Wildman–Crippen LogP) is 4.06. The van der Waals surface area contributed by atoms with Gasteiger partial charge in [0.1, 0.15) is 17.2 Å². The van der Waals surface area contributed by atoms with Crippen molar-refractivity contribution in [3.8, 4) is 0 Å². The summed E-state index contributed by atoms with van der Waals surface area (Å²) in [5, 5.41) is 2.68. The summed E-state index contributed by atoms with van der Waals surface area (Å²) in [4.78, 5) is 11.6. The molecule has 1 atom stereocenters. The Kier molecular flexibility index (Phi) is 6.12. The van der Waals surface area contributed by atoms with Gasteiger partial charge in [0, 0.05) is 12.6 Å². The molecule has 0 aromatic heterocycles. The maximum Gasteiger partial charge on any atom is 0.407 e. The fraction of sp³-hybridized carbons (Fsp3) is 0.562. The van der Waals surface area contributed by atoms with Crippen molar-refractivity contribution in [1.29, 1.82) is 0 Å². The maximum absolute atomic E-state index is 13.6. The third-order valence-corrected chi connectivity index (χ3v) is 3.04. The molecule has 0 saturated carbocycles. The van der Waals surface area contributed by atoms with Crippen LogP contribution in [0.1, 0.15) is 39.7 Å². The van der Waals surface area contributed by atoms with Crippen LogP contribution in [0, 0.1) is 17.6 Å². The first-order valence-corrected chi connectivity index (χ1v) is 7.12. The van der Waals surface area contributed by atoms with Gasteiger partial charge in [-0.25, -0.2) is 13.6 Å². The Hall–Kier alpha value is -1.65. The fourth-order valence-corrected chi connectivity index (χ4v) is 1.90. The first-order valence-electron chi connectivity index (χ1n) is 7.12.